The van der Waals surface area contributed by atoms with Crippen molar-refractivity contribution >= 4 is 58.0 Å². The Kier molecular flexibility index (Phi) is 8.39. The molecule has 2 nitrogen and oxygen atoms in total. The van der Waals surface area contributed by atoms with E-state index in [0.717, 1.165) is 0 Å². The lowest BCUT2D eigenvalue weighted by molar-refractivity contribution is 0.252. The third kappa shape index (κ3) is 7.26. The SMILES string of the molecule is O=P(/C=C(\Cl)c1ccccc1)(/C=C(/Cl)c1ccccc1)Nc1ccc(SC(F)F)cc1. The van der Waals surface area contributed by atoms with Crippen LogP contribution in [0.4, 0.5) is 14.5 Å². The van der Waals surface area contributed by atoms with E-state index in [4.69, 9.17) is 23.2 Å². The molecular formula is C23H18Cl2F2NOPS. The average molecular weight is 496 g/mol. The van der Waals surface area contributed by atoms with Crippen LogP contribution in [-0.4, -0.2) is 5.76 Å². The van der Waals surface area contributed by atoms with Gasteiger partial charge in [0.05, 0.1) is 10.1 Å². The van der Waals surface area contributed by atoms with Crippen LogP contribution in [0.15, 0.2) is 101 Å². The largest absolute Gasteiger partial charge is 0.330 e. The standard InChI is InChI=1S/C23H18Cl2F2NOPS/c24-21(17-7-3-1-4-8-17)15-30(29,16-22(25)18-9-5-2-6-10-18)28-19-11-13-20(14-12-19)31-23(26)27/h1-16,23H,(H,28,29)/b21-15-,22-16+. The molecule has 0 bridgehead atoms. The first-order chi connectivity index (χ1) is 14.8. The van der Waals surface area contributed by atoms with Crippen molar-refractivity contribution in [3.8, 4) is 0 Å². The van der Waals surface area contributed by atoms with Crippen LogP contribution >= 0.6 is 42.3 Å². The van der Waals surface area contributed by atoms with Gasteiger partial charge in [-0.1, -0.05) is 95.6 Å². The van der Waals surface area contributed by atoms with Crippen LogP contribution in [0.3, 0.4) is 0 Å². The van der Waals surface area contributed by atoms with Crippen molar-refractivity contribution < 1.29 is 13.3 Å². The van der Waals surface area contributed by atoms with Gasteiger partial charge in [0, 0.05) is 22.2 Å². The molecule has 0 saturated carbocycles. The van der Waals surface area contributed by atoms with Crippen molar-refractivity contribution in [3.63, 3.8) is 0 Å². The number of benzene rings is 3. The first-order valence-electron chi connectivity index (χ1n) is 9.15. The molecule has 0 aliphatic rings. The van der Waals surface area contributed by atoms with Crippen LogP contribution in [-0.2, 0) is 4.57 Å². The number of rotatable bonds is 8. The number of anilines is 1. The van der Waals surface area contributed by atoms with E-state index < -0.39 is 13.1 Å². The van der Waals surface area contributed by atoms with Gasteiger partial charge >= 0.3 is 0 Å². The monoisotopic (exact) mass is 495 g/mol. The summed E-state index contributed by atoms with van der Waals surface area (Å²) in [5, 5.41) is 3.58. The molecule has 0 aromatic heterocycles. The lowest BCUT2D eigenvalue weighted by Gasteiger charge is -2.16. The summed E-state index contributed by atoms with van der Waals surface area (Å²) in [5.41, 5.74) is 1.91. The van der Waals surface area contributed by atoms with Crippen LogP contribution in [0.1, 0.15) is 11.1 Å². The fraction of sp³-hybridized carbons (Fsp3) is 0.0435. The second kappa shape index (κ2) is 11.0. The Morgan fingerprint density at radius 3 is 1.68 bits per heavy atom. The molecule has 31 heavy (non-hydrogen) atoms. The van der Waals surface area contributed by atoms with Crippen molar-refractivity contribution in [2.24, 2.45) is 0 Å². The zero-order chi connectivity index (χ0) is 22.3. The third-order valence-corrected chi connectivity index (χ3v) is 7.67. The van der Waals surface area contributed by atoms with E-state index in [2.05, 4.69) is 5.09 Å². The lowest BCUT2D eigenvalue weighted by atomic mass is 10.2. The molecule has 0 saturated heterocycles. The van der Waals surface area contributed by atoms with Gasteiger partial charge in [-0.25, -0.2) is 0 Å². The molecule has 0 aliphatic heterocycles. The molecule has 3 aromatic carbocycles. The van der Waals surface area contributed by atoms with Gasteiger partial charge in [-0.05, 0) is 35.4 Å². The maximum atomic E-state index is 13.9. The molecule has 3 rings (SSSR count). The molecule has 0 spiro atoms. The quantitative estimate of drug-likeness (QED) is 0.249. The minimum atomic E-state index is -3.42. The van der Waals surface area contributed by atoms with E-state index in [1.54, 1.807) is 12.1 Å². The summed E-state index contributed by atoms with van der Waals surface area (Å²) in [5.74, 6) is 0.374. The molecule has 0 amide bonds. The molecule has 1 atom stereocenters. The first kappa shape index (κ1) is 23.6. The Hall–Kier alpha value is -2.04. The summed E-state index contributed by atoms with van der Waals surface area (Å²) in [4.78, 5) is 0.408. The Balaban J connectivity index is 1.97. The second-order valence-corrected chi connectivity index (χ2v) is 10.4. The Labute approximate surface area is 194 Å². The van der Waals surface area contributed by atoms with Crippen LogP contribution < -0.4 is 5.09 Å². The second-order valence-electron chi connectivity index (χ2n) is 6.41. The number of halogens is 4. The van der Waals surface area contributed by atoms with Crippen molar-refractivity contribution in [1.82, 2.24) is 0 Å². The molecule has 8 heteroatoms. The van der Waals surface area contributed by atoms with Crippen LogP contribution in [0.25, 0.3) is 10.1 Å². The number of thioether (sulfide) groups is 1. The molecule has 0 heterocycles. The normalized spacial score (nSPS) is 14.4. The highest BCUT2D eigenvalue weighted by Gasteiger charge is 2.20. The maximum Gasteiger partial charge on any atom is 0.288 e. The summed E-state index contributed by atoms with van der Waals surface area (Å²) in [7, 11) is -3.42. The van der Waals surface area contributed by atoms with E-state index in [1.807, 2.05) is 60.7 Å². The van der Waals surface area contributed by atoms with Gasteiger partial charge < -0.3 is 5.09 Å². The van der Waals surface area contributed by atoms with Gasteiger partial charge in [0.15, 0.2) is 0 Å². The maximum absolute atomic E-state index is 13.9. The molecule has 0 fully saturated rings. The molecule has 160 valence electrons. The van der Waals surface area contributed by atoms with Crippen molar-refractivity contribution in [1.29, 1.82) is 0 Å². The van der Waals surface area contributed by atoms with E-state index >= 15 is 0 Å². The summed E-state index contributed by atoms with van der Waals surface area (Å²) >= 11 is 13.4. The third-order valence-electron chi connectivity index (χ3n) is 4.09. The molecule has 0 radical (unpaired) electrons. The number of nitrogens with one attached hydrogen (secondary N) is 1. The Bertz CT molecular complexity index is 1050. The smallest absolute Gasteiger partial charge is 0.288 e. The lowest BCUT2D eigenvalue weighted by Crippen LogP contribution is -1.94. The fourth-order valence-corrected chi connectivity index (χ4v) is 6.04. The topological polar surface area (TPSA) is 29.1 Å². The van der Waals surface area contributed by atoms with Crippen LogP contribution in [0.5, 0.6) is 0 Å². The van der Waals surface area contributed by atoms with E-state index in [9.17, 15) is 13.3 Å². The van der Waals surface area contributed by atoms with Gasteiger partial charge in [0.1, 0.15) is 0 Å². The van der Waals surface area contributed by atoms with Crippen molar-refractivity contribution in [3.05, 3.63) is 108 Å². The molecule has 3 aromatic rings. The van der Waals surface area contributed by atoms with Gasteiger partial charge in [0.25, 0.3) is 5.76 Å². The first-order valence-corrected chi connectivity index (χ1v) is 12.6. The summed E-state index contributed by atoms with van der Waals surface area (Å²) < 4.78 is 39.0. The predicted molar refractivity (Wildman–Crippen MR) is 130 cm³/mol. The highest BCUT2D eigenvalue weighted by atomic mass is 35.5. The number of hydrogen-bond donors (Lipinski definition) is 1. The van der Waals surface area contributed by atoms with Gasteiger partial charge in [-0.2, -0.15) is 8.78 Å². The van der Waals surface area contributed by atoms with E-state index in [1.165, 1.54) is 23.8 Å². The van der Waals surface area contributed by atoms with Gasteiger partial charge in [-0.15, -0.1) is 0 Å². The summed E-state index contributed by atoms with van der Waals surface area (Å²) in [6.07, 6.45) is 0. The van der Waals surface area contributed by atoms with Crippen LogP contribution in [0, 0.1) is 0 Å². The molecular weight excluding hydrogens is 478 g/mol. The molecule has 0 aliphatic carbocycles. The minimum Gasteiger partial charge on any atom is -0.330 e. The Morgan fingerprint density at radius 1 is 0.806 bits per heavy atom. The van der Waals surface area contributed by atoms with E-state index in [-0.39, 0.29) is 0 Å². The van der Waals surface area contributed by atoms with Gasteiger partial charge in [-0.3, -0.25) is 4.57 Å². The van der Waals surface area contributed by atoms with Crippen molar-refractivity contribution in [2.75, 3.05) is 5.09 Å². The highest BCUT2D eigenvalue weighted by molar-refractivity contribution is 7.99. The van der Waals surface area contributed by atoms with Crippen molar-refractivity contribution in [2.45, 2.75) is 10.7 Å². The number of alkyl halides is 2. The number of hydrogen-bond acceptors (Lipinski definition) is 2. The summed E-state index contributed by atoms with van der Waals surface area (Å²) in [6.45, 7) is 0. The zero-order valence-electron chi connectivity index (χ0n) is 16.1. The van der Waals surface area contributed by atoms with E-state index in [0.29, 0.717) is 43.5 Å². The fourth-order valence-electron chi connectivity index (χ4n) is 2.70. The van der Waals surface area contributed by atoms with Gasteiger partial charge in [0.2, 0.25) is 7.29 Å². The highest BCUT2D eigenvalue weighted by Crippen LogP contribution is 2.53. The van der Waals surface area contributed by atoms with Crippen LogP contribution in [0.2, 0.25) is 0 Å². The minimum absolute atomic E-state index is 0.301. The average Bonchev–Trinajstić information content (AvgIpc) is 2.76. The predicted octanol–water partition coefficient (Wildman–Crippen LogP) is 9.17. The summed E-state index contributed by atoms with van der Waals surface area (Å²) in [6, 6.07) is 24.5. The molecule has 1 unspecified atom stereocenters. The molecule has 1 N–H and O–H groups in total. The Morgan fingerprint density at radius 2 is 1.26 bits per heavy atom. The zero-order valence-corrected chi connectivity index (χ0v) is 19.3.